The number of thiophene rings is 1. The summed E-state index contributed by atoms with van der Waals surface area (Å²) in [6.07, 6.45) is 0.276. The normalized spacial score (nSPS) is 10.5. The lowest BCUT2D eigenvalue weighted by molar-refractivity contribution is -0.115. The number of ether oxygens (including phenoxy) is 2. The Hall–Kier alpha value is -2.38. The average molecular weight is 374 g/mol. The fourth-order valence-electron chi connectivity index (χ4n) is 2.43. The molecular weight excluding hydrogens is 356 g/mol. The standard InChI is InChI=1S/C18H18N2O3S2/c1-11-19-18(15-5-4-6-24-15)16(25-11)10-17(21)20-12-7-13(22-2)9-14(8-12)23-3/h4-9H,10H2,1-3H3,(H,20,21). The number of hydrogen-bond acceptors (Lipinski definition) is 6. The monoisotopic (exact) mass is 374 g/mol. The first-order chi connectivity index (χ1) is 12.1. The summed E-state index contributed by atoms with van der Waals surface area (Å²) in [6.45, 7) is 1.95. The molecule has 0 radical (unpaired) electrons. The summed E-state index contributed by atoms with van der Waals surface area (Å²) in [7, 11) is 3.15. The predicted molar refractivity (Wildman–Crippen MR) is 102 cm³/mol. The third-order valence-corrected chi connectivity index (χ3v) is 5.36. The van der Waals surface area contributed by atoms with Gasteiger partial charge in [-0.3, -0.25) is 4.79 Å². The van der Waals surface area contributed by atoms with Crippen molar-refractivity contribution in [1.82, 2.24) is 4.98 Å². The van der Waals surface area contributed by atoms with Crippen molar-refractivity contribution < 1.29 is 14.3 Å². The Balaban J connectivity index is 1.78. The maximum absolute atomic E-state index is 12.5. The third-order valence-electron chi connectivity index (χ3n) is 3.52. The van der Waals surface area contributed by atoms with E-state index in [4.69, 9.17) is 9.47 Å². The number of hydrogen-bond donors (Lipinski definition) is 1. The summed E-state index contributed by atoms with van der Waals surface area (Å²) in [5, 5.41) is 5.87. The minimum Gasteiger partial charge on any atom is -0.497 e. The number of carbonyl (C=O) groups excluding carboxylic acids is 1. The molecule has 0 fully saturated rings. The molecule has 0 unspecified atom stereocenters. The van der Waals surface area contributed by atoms with Gasteiger partial charge in [-0.1, -0.05) is 6.07 Å². The predicted octanol–water partition coefficient (Wildman–Crippen LogP) is 4.38. The van der Waals surface area contributed by atoms with Crippen molar-refractivity contribution in [3.63, 3.8) is 0 Å². The minimum absolute atomic E-state index is 0.100. The number of methoxy groups -OCH3 is 2. The van der Waals surface area contributed by atoms with Crippen LogP contribution in [0, 0.1) is 6.92 Å². The van der Waals surface area contributed by atoms with Gasteiger partial charge in [0.15, 0.2) is 0 Å². The van der Waals surface area contributed by atoms with Gasteiger partial charge in [0, 0.05) is 28.8 Å². The molecule has 3 aromatic rings. The lowest BCUT2D eigenvalue weighted by Gasteiger charge is -2.09. The molecule has 1 aromatic carbocycles. The van der Waals surface area contributed by atoms with Crippen LogP contribution in [0.2, 0.25) is 0 Å². The average Bonchev–Trinajstić information content (AvgIpc) is 3.23. The fourth-order valence-corrected chi connectivity index (χ4v) is 4.18. The second kappa shape index (κ2) is 7.67. The second-order valence-electron chi connectivity index (χ2n) is 5.31. The van der Waals surface area contributed by atoms with Crippen molar-refractivity contribution in [3.05, 3.63) is 45.6 Å². The van der Waals surface area contributed by atoms with Gasteiger partial charge in [-0.25, -0.2) is 4.98 Å². The molecule has 1 N–H and O–H groups in total. The first kappa shape index (κ1) is 17.4. The highest BCUT2D eigenvalue weighted by atomic mass is 32.1. The number of carbonyl (C=O) groups is 1. The molecular formula is C18H18N2O3S2. The van der Waals surface area contributed by atoms with Crippen LogP contribution in [0.3, 0.4) is 0 Å². The van der Waals surface area contributed by atoms with Gasteiger partial charge in [-0.15, -0.1) is 22.7 Å². The smallest absolute Gasteiger partial charge is 0.229 e. The van der Waals surface area contributed by atoms with E-state index in [0.717, 1.165) is 20.5 Å². The van der Waals surface area contributed by atoms with E-state index in [0.29, 0.717) is 17.2 Å². The van der Waals surface area contributed by atoms with Crippen LogP contribution in [-0.4, -0.2) is 25.1 Å². The lowest BCUT2D eigenvalue weighted by atomic mass is 10.2. The van der Waals surface area contributed by atoms with Crippen LogP contribution in [-0.2, 0) is 11.2 Å². The quantitative estimate of drug-likeness (QED) is 0.696. The summed E-state index contributed by atoms with van der Waals surface area (Å²) in [5.41, 5.74) is 1.54. The molecule has 1 amide bonds. The number of anilines is 1. The van der Waals surface area contributed by atoms with Gasteiger partial charge >= 0.3 is 0 Å². The molecule has 7 heteroatoms. The van der Waals surface area contributed by atoms with Crippen molar-refractivity contribution in [2.45, 2.75) is 13.3 Å². The SMILES string of the molecule is COc1cc(NC(=O)Cc2sc(C)nc2-c2cccs2)cc(OC)c1. The van der Waals surface area contributed by atoms with E-state index in [1.165, 1.54) is 0 Å². The van der Waals surface area contributed by atoms with Gasteiger partial charge in [-0.2, -0.15) is 0 Å². The zero-order chi connectivity index (χ0) is 17.8. The van der Waals surface area contributed by atoms with E-state index in [9.17, 15) is 4.79 Å². The number of rotatable bonds is 6. The van der Waals surface area contributed by atoms with Crippen LogP contribution in [0.5, 0.6) is 11.5 Å². The van der Waals surface area contributed by atoms with Gasteiger partial charge in [0.25, 0.3) is 0 Å². The molecule has 0 saturated carbocycles. The van der Waals surface area contributed by atoms with E-state index in [2.05, 4.69) is 10.3 Å². The lowest BCUT2D eigenvalue weighted by Crippen LogP contribution is -2.14. The van der Waals surface area contributed by atoms with Crippen molar-refractivity contribution >= 4 is 34.3 Å². The maximum Gasteiger partial charge on any atom is 0.229 e. The zero-order valence-electron chi connectivity index (χ0n) is 14.2. The molecule has 2 aromatic heterocycles. The number of nitrogens with one attached hydrogen (secondary N) is 1. The highest BCUT2D eigenvalue weighted by Crippen LogP contribution is 2.32. The second-order valence-corrected chi connectivity index (χ2v) is 7.54. The first-order valence-electron chi connectivity index (χ1n) is 7.62. The number of aryl methyl sites for hydroxylation is 1. The number of thiazole rings is 1. The highest BCUT2D eigenvalue weighted by molar-refractivity contribution is 7.15. The summed E-state index contributed by atoms with van der Waals surface area (Å²) in [4.78, 5) is 19.1. The molecule has 0 saturated heterocycles. The van der Waals surface area contributed by atoms with Crippen LogP contribution in [0.4, 0.5) is 5.69 Å². The van der Waals surface area contributed by atoms with Crippen molar-refractivity contribution in [2.75, 3.05) is 19.5 Å². The van der Waals surface area contributed by atoms with Crippen LogP contribution < -0.4 is 14.8 Å². The van der Waals surface area contributed by atoms with E-state index in [1.54, 1.807) is 55.1 Å². The number of amides is 1. The number of benzene rings is 1. The number of aromatic nitrogens is 1. The van der Waals surface area contributed by atoms with Gasteiger partial charge < -0.3 is 14.8 Å². The van der Waals surface area contributed by atoms with Crippen molar-refractivity contribution in [3.8, 4) is 22.1 Å². The van der Waals surface area contributed by atoms with Gasteiger partial charge in [0.05, 0.1) is 36.2 Å². The van der Waals surface area contributed by atoms with Crippen LogP contribution in [0.15, 0.2) is 35.7 Å². The van der Waals surface area contributed by atoms with Crippen molar-refractivity contribution in [2.24, 2.45) is 0 Å². The van der Waals surface area contributed by atoms with E-state index >= 15 is 0 Å². The van der Waals surface area contributed by atoms with Gasteiger partial charge in [-0.05, 0) is 18.4 Å². The minimum atomic E-state index is -0.100. The van der Waals surface area contributed by atoms with Gasteiger partial charge in [0.2, 0.25) is 5.91 Å². The molecule has 5 nitrogen and oxygen atoms in total. The summed E-state index contributed by atoms with van der Waals surface area (Å²) >= 11 is 3.18. The topological polar surface area (TPSA) is 60.5 Å². The Morgan fingerprint density at radius 3 is 2.52 bits per heavy atom. The fraction of sp³-hybridized carbons (Fsp3) is 0.222. The van der Waals surface area contributed by atoms with E-state index < -0.39 is 0 Å². The molecule has 0 aliphatic carbocycles. The first-order valence-corrected chi connectivity index (χ1v) is 9.31. The maximum atomic E-state index is 12.5. The van der Waals surface area contributed by atoms with E-state index in [1.807, 2.05) is 24.4 Å². The zero-order valence-corrected chi connectivity index (χ0v) is 15.8. The summed E-state index contributed by atoms with van der Waals surface area (Å²) in [6, 6.07) is 9.29. The molecule has 0 spiro atoms. The number of nitrogens with zero attached hydrogens (tertiary/aromatic N) is 1. The third kappa shape index (κ3) is 4.18. The van der Waals surface area contributed by atoms with Crippen LogP contribution in [0.25, 0.3) is 10.6 Å². The Morgan fingerprint density at radius 2 is 1.92 bits per heavy atom. The Labute approximate surface area is 154 Å². The molecule has 2 heterocycles. The Kier molecular flexibility index (Phi) is 5.35. The molecule has 25 heavy (non-hydrogen) atoms. The molecule has 0 bridgehead atoms. The highest BCUT2D eigenvalue weighted by Gasteiger charge is 2.16. The Morgan fingerprint density at radius 1 is 1.20 bits per heavy atom. The summed E-state index contributed by atoms with van der Waals surface area (Å²) < 4.78 is 10.5. The Bertz CT molecular complexity index is 850. The van der Waals surface area contributed by atoms with Crippen LogP contribution >= 0.6 is 22.7 Å². The summed E-state index contributed by atoms with van der Waals surface area (Å²) in [5.74, 6) is 1.15. The molecule has 130 valence electrons. The molecule has 0 aliphatic rings. The van der Waals surface area contributed by atoms with E-state index in [-0.39, 0.29) is 12.3 Å². The largest absolute Gasteiger partial charge is 0.497 e. The molecule has 3 rings (SSSR count). The van der Waals surface area contributed by atoms with Crippen molar-refractivity contribution in [1.29, 1.82) is 0 Å². The molecule has 0 atom stereocenters. The molecule has 0 aliphatic heterocycles. The van der Waals surface area contributed by atoms with Crippen LogP contribution in [0.1, 0.15) is 9.88 Å². The van der Waals surface area contributed by atoms with Gasteiger partial charge in [0.1, 0.15) is 11.5 Å².